The van der Waals surface area contributed by atoms with Gasteiger partial charge >= 0.3 is 0 Å². The van der Waals surface area contributed by atoms with Crippen molar-refractivity contribution in [1.29, 1.82) is 0 Å². The van der Waals surface area contributed by atoms with Gasteiger partial charge in [-0.1, -0.05) is 29.8 Å². The Labute approximate surface area is 128 Å². The van der Waals surface area contributed by atoms with Crippen molar-refractivity contribution >= 4 is 38.9 Å². The van der Waals surface area contributed by atoms with E-state index in [2.05, 4.69) is 13.8 Å². The number of thiophene rings is 1. The predicted molar refractivity (Wildman–Crippen MR) is 85.8 cm³/mol. The molecule has 0 N–H and O–H groups in total. The van der Waals surface area contributed by atoms with E-state index in [0.29, 0.717) is 22.0 Å². The highest BCUT2D eigenvalue weighted by atomic mass is 35.5. The molecule has 1 aromatic heterocycles. The average Bonchev–Trinajstić information content (AvgIpc) is 2.76. The lowest BCUT2D eigenvalue weighted by Gasteiger charge is -2.38. The average molecular weight is 308 g/mol. The van der Waals surface area contributed by atoms with Crippen LogP contribution in [0.3, 0.4) is 0 Å². The predicted octanol–water partition coefficient (Wildman–Crippen LogP) is 4.96. The molecule has 1 saturated heterocycles. The zero-order valence-electron chi connectivity index (χ0n) is 11.7. The number of piperidine rings is 1. The molecule has 20 heavy (non-hydrogen) atoms. The van der Waals surface area contributed by atoms with Gasteiger partial charge in [0.25, 0.3) is 5.91 Å². The fourth-order valence-corrected chi connectivity index (χ4v) is 4.55. The van der Waals surface area contributed by atoms with Crippen LogP contribution < -0.4 is 0 Å². The van der Waals surface area contributed by atoms with E-state index in [-0.39, 0.29) is 5.91 Å². The molecule has 2 aromatic rings. The van der Waals surface area contributed by atoms with Crippen molar-refractivity contribution in [2.24, 2.45) is 0 Å². The highest BCUT2D eigenvalue weighted by molar-refractivity contribution is 7.21. The van der Waals surface area contributed by atoms with E-state index in [4.69, 9.17) is 11.6 Å². The quantitative estimate of drug-likeness (QED) is 0.729. The third kappa shape index (κ3) is 2.23. The van der Waals surface area contributed by atoms with Crippen molar-refractivity contribution in [1.82, 2.24) is 4.90 Å². The molecule has 1 aliphatic heterocycles. The number of halogens is 1. The monoisotopic (exact) mass is 307 g/mol. The Morgan fingerprint density at radius 3 is 2.55 bits per heavy atom. The van der Waals surface area contributed by atoms with Gasteiger partial charge in [0.05, 0.1) is 5.02 Å². The molecule has 1 aliphatic rings. The Morgan fingerprint density at radius 2 is 1.90 bits per heavy atom. The van der Waals surface area contributed by atoms with Gasteiger partial charge in [0, 0.05) is 22.2 Å². The first-order valence-corrected chi connectivity index (χ1v) is 8.28. The van der Waals surface area contributed by atoms with Crippen LogP contribution in [-0.4, -0.2) is 22.9 Å². The first-order chi connectivity index (χ1) is 9.59. The minimum atomic E-state index is 0.0934. The molecule has 2 nitrogen and oxygen atoms in total. The Balaban J connectivity index is 2.01. The zero-order chi connectivity index (χ0) is 14.3. The standard InChI is InChI=1S/C16H18ClNOS/c1-10-6-5-7-11(2)18(10)16(19)15-14(17)12-8-3-4-9-13(12)20-15/h3-4,8-11H,5-7H2,1-2H3/t10-,11-/m0/s1. The van der Waals surface area contributed by atoms with Crippen molar-refractivity contribution in [2.75, 3.05) is 0 Å². The lowest BCUT2D eigenvalue weighted by atomic mass is 9.97. The Hall–Kier alpha value is -1.06. The van der Waals surface area contributed by atoms with Crippen molar-refractivity contribution in [3.8, 4) is 0 Å². The Kier molecular flexibility index (Phi) is 3.74. The second-order valence-corrected chi connectivity index (χ2v) is 7.01. The van der Waals surface area contributed by atoms with Crippen molar-refractivity contribution in [2.45, 2.75) is 45.2 Å². The fraction of sp³-hybridized carbons (Fsp3) is 0.438. The van der Waals surface area contributed by atoms with Gasteiger partial charge in [-0.3, -0.25) is 4.79 Å². The molecular formula is C16H18ClNOS. The Morgan fingerprint density at radius 1 is 1.25 bits per heavy atom. The molecule has 4 heteroatoms. The van der Waals surface area contributed by atoms with Crippen LogP contribution in [0.25, 0.3) is 10.1 Å². The molecule has 3 rings (SSSR count). The van der Waals surface area contributed by atoms with Crippen molar-refractivity contribution < 1.29 is 4.79 Å². The number of fused-ring (bicyclic) bond motifs is 1. The summed E-state index contributed by atoms with van der Waals surface area (Å²) < 4.78 is 1.08. The van der Waals surface area contributed by atoms with Crippen LogP contribution in [0, 0.1) is 0 Å². The minimum Gasteiger partial charge on any atom is -0.332 e. The number of rotatable bonds is 1. The number of likely N-dealkylation sites (tertiary alicyclic amines) is 1. The molecule has 0 unspecified atom stereocenters. The van der Waals surface area contributed by atoms with Gasteiger partial charge in [-0.2, -0.15) is 0 Å². The van der Waals surface area contributed by atoms with E-state index < -0.39 is 0 Å². The molecule has 0 bridgehead atoms. The van der Waals surface area contributed by atoms with Crippen LogP contribution >= 0.6 is 22.9 Å². The summed E-state index contributed by atoms with van der Waals surface area (Å²) in [5, 5.41) is 1.60. The molecule has 0 radical (unpaired) electrons. The number of hydrogen-bond donors (Lipinski definition) is 0. The van der Waals surface area contributed by atoms with Gasteiger partial charge in [-0.05, 0) is 39.2 Å². The maximum absolute atomic E-state index is 12.9. The van der Waals surface area contributed by atoms with Crippen LogP contribution in [0.15, 0.2) is 24.3 Å². The summed E-state index contributed by atoms with van der Waals surface area (Å²) in [5.41, 5.74) is 0. The SMILES string of the molecule is C[C@H]1CCC[C@H](C)N1C(=O)c1sc2ccccc2c1Cl. The molecule has 2 atom stereocenters. The summed E-state index contributed by atoms with van der Waals surface area (Å²) in [6.07, 6.45) is 3.36. The van der Waals surface area contributed by atoms with Gasteiger partial charge < -0.3 is 4.90 Å². The third-order valence-electron chi connectivity index (χ3n) is 4.16. The van der Waals surface area contributed by atoms with Crippen LogP contribution in [0.4, 0.5) is 0 Å². The van der Waals surface area contributed by atoms with Crippen LogP contribution in [-0.2, 0) is 0 Å². The fourth-order valence-electron chi connectivity index (χ4n) is 3.09. The smallest absolute Gasteiger partial charge is 0.265 e. The highest BCUT2D eigenvalue weighted by Crippen LogP contribution is 2.37. The summed E-state index contributed by atoms with van der Waals surface area (Å²) in [4.78, 5) is 15.6. The number of nitrogens with zero attached hydrogens (tertiary/aromatic N) is 1. The second kappa shape index (κ2) is 5.38. The van der Waals surface area contributed by atoms with Crippen LogP contribution in [0.1, 0.15) is 42.8 Å². The molecule has 0 spiro atoms. The van der Waals surface area contributed by atoms with E-state index in [1.165, 1.54) is 17.8 Å². The van der Waals surface area contributed by atoms with Gasteiger partial charge in [0.1, 0.15) is 4.88 Å². The minimum absolute atomic E-state index is 0.0934. The van der Waals surface area contributed by atoms with E-state index >= 15 is 0 Å². The lowest BCUT2D eigenvalue weighted by molar-refractivity contribution is 0.0516. The van der Waals surface area contributed by atoms with Gasteiger partial charge in [0.2, 0.25) is 0 Å². The summed E-state index contributed by atoms with van der Waals surface area (Å²) in [6.45, 7) is 4.27. The Bertz CT molecular complexity index is 641. The van der Waals surface area contributed by atoms with E-state index in [1.807, 2.05) is 29.2 Å². The lowest BCUT2D eigenvalue weighted by Crippen LogP contribution is -2.47. The summed E-state index contributed by atoms with van der Waals surface area (Å²) >= 11 is 7.94. The molecule has 1 aromatic carbocycles. The van der Waals surface area contributed by atoms with Gasteiger partial charge in [-0.15, -0.1) is 11.3 Å². The maximum Gasteiger partial charge on any atom is 0.265 e. The van der Waals surface area contributed by atoms with E-state index in [0.717, 1.165) is 22.9 Å². The molecule has 0 saturated carbocycles. The largest absolute Gasteiger partial charge is 0.332 e. The van der Waals surface area contributed by atoms with E-state index in [9.17, 15) is 4.79 Å². The maximum atomic E-state index is 12.9. The van der Waals surface area contributed by atoms with Gasteiger partial charge in [-0.25, -0.2) is 0 Å². The molecule has 0 aliphatic carbocycles. The molecule has 1 amide bonds. The highest BCUT2D eigenvalue weighted by Gasteiger charge is 2.31. The normalized spacial score (nSPS) is 23.2. The van der Waals surface area contributed by atoms with Crippen molar-refractivity contribution in [3.63, 3.8) is 0 Å². The zero-order valence-corrected chi connectivity index (χ0v) is 13.3. The van der Waals surface area contributed by atoms with Crippen LogP contribution in [0.5, 0.6) is 0 Å². The van der Waals surface area contributed by atoms with Crippen LogP contribution in [0.2, 0.25) is 5.02 Å². The number of carbonyl (C=O) groups excluding carboxylic acids is 1. The summed E-state index contributed by atoms with van der Waals surface area (Å²) in [7, 11) is 0. The molecule has 2 heterocycles. The summed E-state index contributed by atoms with van der Waals surface area (Å²) in [6, 6.07) is 8.54. The number of amides is 1. The van der Waals surface area contributed by atoms with E-state index in [1.54, 1.807) is 0 Å². The second-order valence-electron chi connectivity index (χ2n) is 5.58. The van der Waals surface area contributed by atoms with Gasteiger partial charge in [0.15, 0.2) is 0 Å². The number of carbonyl (C=O) groups is 1. The molecule has 1 fully saturated rings. The third-order valence-corrected chi connectivity index (χ3v) is 5.82. The first-order valence-electron chi connectivity index (χ1n) is 7.09. The topological polar surface area (TPSA) is 20.3 Å². The number of benzene rings is 1. The molecular weight excluding hydrogens is 290 g/mol. The summed E-state index contributed by atoms with van der Waals surface area (Å²) in [5.74, 6) is 0.0934. The number of hydrogen-bond acceptors (Lipinski definition) is 2. The first kappa shape index (κ1) is 13.9. The molecule has 106 valence electrons. The van der Waals surface area contributed by atoms with Crippen molar-refractivity contribution in [3.05, 3.63) is 34.2 Å².